The average molecular weight is 465 g/mol. The number of halogens is 1. The summed E-state index contributed by atoms with van der Waals surface area (Å²) in [5.41, 5.74) is 3.45. The van der Waals surface area contributed by atoms with Crippen molar-refractivity contribution in [3.05, 3.63) is 82.5 Å². The maximum Gasteiger partial charge on any atom is 0.310 e. The third kappa shape index (κ3) is 3.29. The van der Waals surface area contributed by atoms with Crippen LogP contribution in [0.3, 0.4) is 0 Å². The smallest absolute Gasteiger partial charge is 0.310 e. The molecule has 0 fully saturated rings. The molecule has 7 nitrogen and oxygen atoms in total. The summed E-state index contributed by atoms with van der Waals surface area (Å²) >= 11 is 3.25. The van der Waals surface area contributed by atoms with Gasteiger partial charge in [0, 0.05) is 6.42 Å². The molecular formula is C22H17BrN4O3. The quantitative estimate of drug-likeness (QED) is 0.464. The number of fused-ring (bicyclic) bond motifs is 1. The Balaban J connectivity index is 1.54. The lowest BCUT2D eigenvalue weighted by Crippen LogP contribution is -2.26. The molecule has 0 spiro atoms. The largest absolute Gasteiger partial charge is 0.497 e. The molecule has 1 aliphatic heterocycles. The first-order valence-corrected chi connectivity index (χ1v) is 10.2. The Morgan fingerprint density at radius 3 is 2.67 bits per heavy atom. The van der Waals surface area contributed by atoms with Gasteiger partial charge in [-0.15, -0.1) is 0 Å². The van der Waals surface area contributed by atoms with Crippen LogP contribution in [0.5, 0.6) is 5.75 Å². The second-order valence-corrected chi connectivity index (χ2v) is 7.68. The Labute approximate surface area is 180 Å². The topological polar surface area (TPSA) is 83.7 Å². The highest BCUT2D eigenvalue weighted by molar-refractivity contribution is 9.10. The van der Waals surface area contributed by atoms with Crippen LogP contribution in [0.4, 0.5) is 0 Å². The minimum absolute atomic E-state index is 0.218. The first-order valence-electron chi connectivity index (χ1n) is 9.38. The van der Waals surface area contributed by atoms with E-state index in [4.69, 9.17) is 9.15 Å². The molecule has 2 aromatic carbocycles. The summed E-state index contributed by atoms with van der Waals surface area (Å²) in [7, 11) is 1.62. The van der Waals surface area contributed by atoms with Gasteiger partial charge in [-0.2, -0.15) is 5.10 Å². The van der Waals surface area contributed by atoms with Crippen molar-refractivity contribution in [3.8, 4) is 5.75 Å². The fourth-order valence-electron chi connectivity index (χ4n) is 3.56. The van der Waals surface area contributed by atoms with Gasteiger partial charge in [-0.1, -0.05) is 24.3 Å². The maximum absolute atomic E-state index is 13.2. The fraction of sp³-hybridized carbons (Fsp3) is 0.136. The number of rotatable bonds is 4. The number of aromatic amines is 1. The molecule has 1 atom stereocenters. The van der Waals surface area contributed by atoms with Gasteiger partial charge >= 0.3 is 5.91 Å². The zero-order valence-corrected chi connectivity index (χ0v) is 17.6. The Kier molecular flexibility index (Phi) is 4.63. The number of carbonyl (C=O) groups excluding carboxylic acids is 1. The van der Waals surface area contributed by atoms with Gasteiger partial charge in [-0.3, -0.25) is 4.79 Å². The summed E-state index contributed by atoms with van der Waals surface area (Å²) in [6.07, 6.45) is 0.528. The average Bonchev–Trinajstić information content (AvgIpc) is 3.50. The SMILES string of the molecule is COc1ccc([C@@H]2CC(c3nc4ccccc4[nH]3)=NN2C(=O)c2ccc(Br)o2)cc1. The summed E-state index contributed by atoms with van der Waals surface area (Å²) in [6.45, 7) is 0. The summed E-state index contributed by atoms with van der Waals surface area (Å²) in [5.74, 6) is 1.32. The fourth-order valence-corrected chi connectivity index (χ4v) is 3.86. The maximum atomic E-state index is 13.2. The minimum Gasteiger partial charge on any atom is -0.497 e. The molecule has 30 heavy (non-hydrogen) atoms. The molecule has 0 bridgehead atoms. The number of nitrogens with one attached hydrogen (secondary N) is 1. The molecule has 150 valence electrons. The van der Waals surface area contributed by atoms with Crippen molar-refractivity contribution >= 4 is 38.6 Å². The zero-order valence-electron chi connectivity index (χ0n) is 16.0. The Morgan fingerprint density at radius 2 is 1.97 bits per heavy atom. The number of para-hydroxylation sites is 2. The van der Waals surface area contributed by atoms with Crippen LogP contribution >= 0.6 is 15.9 Å². The molecule has 1 N–H and O–H groups in total. The number of furan rings is 1. The van der Waals surface area contributed by atoms with E-state index in [1.165, 1.54) is 5.01 Å². The number of H-pyrrole nitrogens is 1. The van der Waals surface area contributed by atoms with Crippen LogP contribution in [0.15, 0.2) is 74.9 Å². The summed E-state index contributed by atoms with van der Waals surface area (Å²) in [5, 5.41) is 6.11. The lowest BCUT2D eigenvalue weighted by Gasteiger charge is -2.21. The molecule has 5 rings (SSSR count). The lowest BCUT2D eigenvalue weighted by atomic mass is 10.0. The Bertz CT molecular complexity index is 1230. The third-order valence-corrected chi connectivity index (χ3v) is 5.49. The minimum atomic E-state index is -0.312. The summed E-state index contributed by atoms with van der Waals surface area (Å²) < 4.78 is 11.2. The number of hydrogen-bond donors (Lipinski definition) is 1. The molecule has 2 aromatic heterocycles. The van der Waals surface area contributed by atoms with Crippen LogP contribution in [0.25, 0.3) is 11.0 Å². The van der Waals surface area contributed by atoms with Crippen molar-refractivity contribution in [2.45, 2.75) is 12.5 Å². The molecule has 0 saturated carbocycles. The molecule has 0 saturated heterocycles. The van der Waals surface area contributed by atoms with Crippen LogP contribution < -0.4 is 4.74 Å². The predicted octanol–water partition coefficient (Wildman–Crippen LogP) is 4.92. The number of imidazole rings is 1. The standard InChI is InChI=1S/C22H17BrN4O3/c1-29-14-8-6-13(7-9-14)18-12-17(21-24-15-4-2-3-5-16(15)25-21)26-27(18)22(28)19-10-11-20(23)30-19/h2-11,18H,12H2,1H3,(H,24,25)/t18-/m0/s1. The van der Waals surface area contributed by atoms with Gasteiger partial charge < -0.3 is 14.1 Å². The molecule has 0 aliphatic carbocycles. The predicted molar refractivity (Wildman–Crippen MR) is 116 cm³/mol. The van der Waals surface area contributed by atoms with Crippen LogP contribution in [-0.2, 0) is 0 Å². The summed E-state index contributed by atoms with van der Waals surface area (Å²) in [4.78, 5) is 21.1. The Hall–Kier alpha value is -3.39. The molecule has 1 amide bonds. The van der Waals surface area contributed by atoms with Crippen molar-refractivity contribution < 1.29 is 13.9 Å². The Morgan fingerprint density at radius 1 is 1.17 bits per heavy atom. The molecular weight excluding hydrogens is 448 g/mol. The van der Waals surface area contributed by atoms with Gasteiger partial charge in [0.25, 0.3) is 0 Å². The highest BCUT2D eigenvalue weighted by Gasteiger charge is 2.36. The number of nitrogens with zero attached hydrogens (tertiary/aromatic N) is 3. The zero-order chi connectivity index (χ0) is 20.7. The first kappa shape index (κ1) is 18.6. The van der Waals surface area contributed by atoms with E-state index in [-0.39, 0.29) is 17.7 Å². The van der Waals surface area contributed by atoms with Crippen LogP contribution in [0, 0.1) is 0 Å². The lowest BCUT2D eigenvalue weighted by molar-refractivity contribution is 0.0677. The van der Waals surface area contributed by atoms with E-state index in [1.807, 2.05) is 48.5 Å². The monoisotopic (exact) mass is 464 g/mol. The number of hydrazone groups is 1. The number of carbonyl (C=O) groups is 1. The van der Waals surface area contributed by atoms with Crippen molar-refractivity contribution in [3.63, 3.8) is 0 Å². The molecule has 0 unspecified atom stereocenters. The highest BCUT2D eigenvalue weighted by Crippen LogP contribution is 2.35. The molecule has 0 radical (unpaired) electrons. The van der Waals surface area contributed by atoms with Crippen molar-refractivity contribution in [2.24, 2.45) is 5.10 Å². The first-order chi connectivity index (χ1) is 14.6. The van der Waals surface area contributed by atoms with E-state index in [0.717, 1.165) is 22.3 Å². The number of ether oxygens (including phenoxy) is 1. The van der Waals surface area contributed by atoms with Crippen LogP contribution in [0.1, 0.15) is 34.4 Å². The number of hydrogen-bond acceptors (Lipinski definition) is 5. The van der Waals surface area contributed by atoms with Crippen molar-refractivity contribution in [1.29, 1.82) is 0 Å². The molecule has 3 heterocycles. The molecule has 4 aromatic rings. The van der Waals surface area contributed by atoms with Gasteiger partial charge in [0.2, 0.25) is 0 Å². The number of benzene rings is 2. The molecule has 8 heteroatoms. The van der Waals surface area contributed by atoms with E-state index in [9.17, 15) is 4.79 Å². The van der Waals surface area contributed by atoms with E-state index in [0.29, 0.717) is 22.6 Å². The second kappa shape index (κ2) is 7.46. The van der Waals surface area contributed by atoms with E-state index < -0.39 is 0 Å². The van der Waals surface area contributed by atoms with Gasteiger partial charge in [0.05, 0.1) is 24.2 Å². The van der Waals surface area contributed by atoms with Gasteiger partial charge in [0.15, 0.2) is 16.3 Å². The van der Waals surface area contributed by atoms with E-state index in [2.05, 4.69) is 31.0 Å². The normalized spacial score (nSPS) is 16.1. The number of amides is 1. The van der Waals surface area contributed by atoms with Crippen molar-refractivity contribution in [2.75, 3.05) is 7.11 Å². The third-order valence-electron chi connectivity index (χ3n) is 5.07. The second-order valence-electron chi connectivity index (χ2n) is 6.90. The van der Waals surface area contributed by atoms with Crippen molar-refractivity contribution in [1.82, 2.24) is 15.0 Å². The molecule has 1 aliphatic rings. The van der Waals surface area contributed by atoms with Gasteiger partial charge in [0.1, 0.15) is 11.5 Å². The summed E-state index contributed by atoms with van der Waals surface area (Å²) in [6, 6.07) is 18.5. The number of aromatic nitrogens is 2. The van der Waals surface area contributed by atoms with Crippen LogP contribution in [0.2, 0.25) is 0 Å². The van der Waals surface area contributed by atoms with Gasteiger partial charge in [-0.05, 0) is 57.9 Å². The van der Waals surface area contributed by atoms with E-state index >= 15 is 0 Å². The van der Waals surface area contributed by atoms with E-state index in [1.54, 1.807) is 19.2 Å². The highest BCUT2D eigenvalue weighted by atomic mass is 79.9. The number of methoxy groups -OCH3 is 1. The van der Waals surface area contributed by atoms with Gasteiger partial charge in [-0.25, -0.2) is 9.99 Å². The van der Waals surface area contributed by atoms with Crippen LogP contribution in [-0.4, -0.2) is 33.7 Å².